The molecule has 0 radical (unpaired) electrons. The first-order valence-corrected chi connectivity index (χ1v) is 11.1. The van der Waals surface area contributed by atoms with Gasteiger partial charge in [-0.25, -0.2) is 0 Å². The molecular formula is C22H16BrNO2S2. The van der Waals surface area contributed by atoms with Crippen molar-refractivity contribution in [3.8, 4) is 0 Å². The molecular weight excluding hydrogens is 454 g/mol. The Kier molecular flexibility index (Phi) is 5.46. The van der Waals surface area contributed by atoms with Crippen LogP contribution in [-0.2, 0) is 5.60 Å². The molecule has 2 aromatic heterocycles. The van der Waals surface area contributed by atoms with Crippen molar-refractivity contribution in [3.05, 3.63) is 109 Å². The Hall–Kier alpha value is -2.25. The Morgan fingerprint density at radius 3 is 1.93 bits per heavy atom. The number of thiophene rings is 2. The molecule has 0 unspecified atom stereocenters. The summed E-state index contributed by atoms with van der Waals surface area (Å²) in [5.41, 5.74) is 0.827. The van der Waals surface area contributed by atoms with Crippen LogP contribution in [0.5, 0.6) is 0 Å². The van der Waals surface area contributed by atoms with Gasteiger partial charge in [-0.3, -0.25) is 4.79 Å². The van der Waals surface area contributed by atoms with E-state index in [1.807, 2.05) is 71.4 Å². The molecule has 4 rings (SSSR count). The van der Waals surface area contributed by atoms with Gasteiger partial charge in [-0.15, -0.1) is 22.7 Å². The van der Waals surface area contributed by atoms with E-state index in [4.69, 9.17) is 0 Å². The van der Waals surface area contributed by atoms with Gasteiger partial charge in [0, 0.05) is 25.5 Å². The number of carbonyl (C=O) groups excluding carboxylic acids is 1. The van der Waals surface area contributed by atoms with Crippen LogP contribution in [0.25, 0.3) is 0 Å². The van der Waals surface area contributed by atoms with Gasteiger partial charge in [0.25, 0.3) is 5.91 Å². The summed E-state index contributed by atoms with van der Waals surface area (Å²) in [7, 11) is 0. The van der Waals surface area contributed by atoms with Crippen LogP contribution in [0.15, 0.2) is 88.0 Å². The fourth-order valence-corrected chi connectivity index (χ4v) is 5.02. The number of rotatable bonds is 5. The van der Waals surface area contributed by atoms with Crippen molar-refractivity contribution in [3.63, 3.8) is 0 Å². The highest BCUT2D eigenvalue weighted by atomic mass is 79.9. The molecule has 0 spiro atoms. The zero-order valence-electron chi connectivity index (χ0n) is 14.6. The quantitative estimate of drug-likeness (QED) is 0.370. The third-order valence-electron chi connectivity index (χ3n) is 4.42. The molecule has 0 aliphatic carbocycles. The molecule has 28 heavy (non-hydrogen) atoms. The number of anilines is 1. The Morgan fingerprint density at radius 2 is 1.43 bits per heavy atom. The monoisotopic (exact) mass is 469 g/mol. The van der Waals surface area contributed by atoms with Crippen molar-refractivity contribution < 1.29 is 9.90 Å². The largest absolute Gasteiger partial charge is 0.374 e. The number of hydrogen-bond acceptors (Lipinski definition) is 4. The molecule has 140 valence electrons. The molecule has 0 fully saturated rings. The first-order valence-electron chi connectivity index (χ1n) is 8.55. The highest BCUT2D eigenvalue weighted by Crippen LogP contribution is 2.41. The van der Waals surface area contributed by atoms with Gasteiger partial charge in [-0.1, -0.05) is 40.2 Å². The van der Waals surface area contributed by atoms with E-state index >= 15 is 0 Å². The Labute approximate surface area is 179 Å². The fraction of sp³-hybridized carbons (Fsp3) is 0.0455. The predicted molar refractivity (Wildman–Crippen MR) is 119 cm³/mol. The van der Waals surface area contributed by atoms with E-state index in [1.165, 1.54) is 22.7 Å². The second-order valence-corrected chi connectivity index (χ2v) is 9.01. The summed E-state index contributed by atoms with van der Waals surface area (Å²) in [5, 5.41) is 18.4. The molecule has 0 atom stereocenters. The smallest absolute Gasteiger partial charge is 0.255 e. The molecule has 2 aromatic carbocycles. The van der Waals surface area contributed by atoms with Crippen LogP contribution < -0.4 is 5.32 Å². The van der Waals surface area contributed by atoms with Crippen LogP contribution in [0.4, 0.5) is 5.69 Å². The lowest BCUT2D eigenvalue weighted by Gasteiger charge is -2.27. The highest BCUT2D eigenvalue weighted by molar-refractivity contribution is 9.10. The summed E-state index contributed by atoms with van der Waals surface area (Å²) in [6.07, 6.45) is 0. The van der Waals surface area contributed by atoms with Gasteiger partial charge in [-0.2, -0.15) is 0 Å². The minimum atomic E-state index is -1.20. The summed E-state index contributed by atoms with van der Waals surface area (Å²) in [4.78, 5) is 14.1. The Bertz CT molecular complexity index is 1020. The van der Waals surface area contributed by atoms with Gasteiger partial charge in [0.15, 0.2) is 5.60 Å². The van der Waals surface area contributed by atoms with Gasteiger partial charge >= 0.3 is 0 Å². The second kappa shape index (κ2) is 8.01. The first-order chi connectivity index (χ1) is 13.6. The lowest BCUT2D eigenvalue weighted by Crippen LogP contribution is -2.26. The van der Waals surface area contributed by atoms with Crippen molar-refractivity contribution >= 4 is 50.2 Å². The van der Waals surface area contributed by atoms with E-state index in [9.17, 15) is 9.90 Å². The number of aliphatic hydroxyl groups is 1. The van der Waals surface area contributed by atoms with Gasteiger partial charge in [0.1, 0.15) is 0 Å². The second-order valence-electron chi connectivity index (χ2n) is 6.20. The molecule has 4 aromatic rings. The van der Waals surface area contributed by atoms with Crippen molar-refractivity contribution in [1.29, 1.82) is 0 Å². The average Bonchev–Trinajstić information content (AvgIpc) is 3.43. The number of amides is 1. The van der Waals surface area contributed by atoms with Crippen molar-refractivity contribution in [2.45, 2.75) is 5.60 Å². The lowest BCUT2D eigenvalue weighted by molar-refractivity contribution is 0.102. The third kappa shape index (κ3) is 3.69. The van der Waals surface area contributed by atoms with Crippen LogP contribution in [0.1, 0.15) is 25.7 Å². The van der Waals surface area contributed by atoms with Gasteiger partial charge in [0.2, 0.25) is 0 Å². The summed E-state index contributed by atoms with van der Waals surface area (Å²) in [6, 6.07) is 22.3. The molecule has 0 aliphatic rings. The zero-order chi connectivity index (χ0) is 19.6. The minimum absolute atomic E-state index is 0.174. The van der Waals surface area contributed by atoms with Crippen molar-refractivity contribution in [1.82, 2.24) is 0 Å². The molecule has 0 aliphatic heterocycles. The van der Waals surface area contributed by atoms with Crippen molar-refractivity contribution in [2.75, 3.05) is 5.32 Å². The number of halogens is 1. The predicted octanol–water partition coefficient (Wildman–Crippen LogP) is 6.11. The van der Waals surface area contributed by atoms with Crippen LogP contribution >= 0.6 is 38.6 Å². The van der Waals surface area contributed by atoms with Gasteiger partial charge in [0.05, 0.1) is 0 Å². The first kappa shape index (κ1) is 19.1. The third-order valence-corrected chi connectivity index (χ3v) is 6.91. The summed E-state index contributed by atoms with van der Waals surface area (Å²) in [6.45, 7) is 0. The number of carbonyl (C=O) groups is 1. The lowest BCUT2D eigenvalue weighted by atomic mass is 9.90. The Balaban J connectivity index is 1.61. The van der Waals surface area contributed by atoms with Crippen LogP contribution in [0.2, 0.25) is 0 Å². The normalized spacial score (nSPS) is 11.4. The van der Waals surface area contributed by atoms with E-state index in [-0.39, 0.29) is 5.91 Å². The van der Waals surface area contributed by atoms with Crippen LogP contribution in [0.3, 0.4) is 0 Å². The highest BCUT2D eigenvalue weighted by Gasteiger charge is 2.35. The standard InChI is InChI=1S/C22H16BrNO2S2/c23-17-9-5-15(6-10-17)21(25)24-18-11-7-16(8-12-18)22(26,19-3-1-13-27-19)20-4-2-14-28-20/h1-14,26H,(H,24,25). The van der Waals surface area contributed by atoms with Gasteiger partial charge in [-0.05, 0) is 64.9 Å². The maximum absolute atomic E-state index is 12.4. The van der Waals surface area contributed by atoms with E-state index in [0.29, 0.717) is 11.3 Å². The maximum Gasteiger partial charge on any atom is 0.255 e. The molecule has 1 amide bonds. The van der Waals surface area contributed by atoms with Gasteiger partial charge < -0.3 is 10.4 Å². The molecule has 2 heterocycles. The SMILES string of the molecule is O=C(Nc1ccc(C(O)(c2cccs2)c2cccs2)cc1)c1ccc(Br)cc1. The van der Waals surface area contributed by atoms with E-state index in [1.54, 1.807) is 12.1 Å². The average molecular weight is 470 g/mol. The number of benzene rings is 2. The topological polar surface area (TPSA) is 49.3 Å². The Morgan fingerprint density at radius 1 is 0.857 bits per heavy atom. The van der Waals surface area contributed by atoms with E-state index in [0.717, 1.165) is 19.8 Å². The number of nitrogens with one attached hydrogen (secondary N) is 1. The summed E-state index contributed by atoms with van der Waals surface area (Å²) in [5.74, 6) is -0.174. The molecule has 3 nitrogen and oxygen atoms in total. The summed E-state index contributed by atoms with van der Waals surface area (Å²) >= 11 is 6.41. The maximum atomic E-state index is 12.4. The fourth-order valence-electron chi connectivity index (χ4n) is 2.97. The zero-order valence-corrected chi connectivity index (χ0v) is 17.9. The number of hydrogen-bond donors (Lipinski definition) is 2. The van der Waals surface area contributed by atoms with Crippen LogP contribution in [0, 0.1) is 0 Å². The van der Waals surface area contributed by atoms with Crippen molar-refractivity contribution in [2.24, 2.45) is 0 Å². The molecule has 0 saturated carbocycles. The molecule has 2 N–H and O–H groups in total. The molecule has 0 saturated heterocycles. The van der Waals surface area contributed by atoms with Crippen LogP contribution in [-0.4, -0.2) is 11.0 Å². The summed E-state index contributed by atoms with van der Waals surface area (Å²) < 4.78 is 0.926. The van der Waals surface area contributed by atoms with E-state index in [2.05, 4.69) is 21.2 Å². The molecule has 0 bridgehead atoms. The van der Waals surface area contributed by atoms with E-state index < -0.39 is 5.60 Å². The molecule has 6 heteroatoms. The minimum Gasteiger partial charge on any atom is -0.374 e.